The normalized spacial score (nSPS) is 23.4. The van der Waals surface area contributed by atoms with Gasteiger partial charge in [-0.2, -0.15) is 4.98 Å². The van der Waals surface area contributed by atoms with Gasteiger partial charge in [0.05, 0.1) is 0 Å². The number of nitrogens with one attached hydrogen (secondary N) is 2. The second-order valence-corrected chi connectivity index (χ2v) is 4.88. The van der Waals surface area contributed by atoms with Gasteiger partial charge in [0.15, 0.2) is 0 Å². The van der Waals surface area contributed by atoms with Gasteiger partial charge in [0.2, 0.25) is 5.95 Å². The van der Waals surface area contributed by atoms with Crippen molar-refractivity contribution in [3.8, 4) is 0 Å². The third-order valence-electron chi connectivity index (χ3n) is 3.65. The third-order valence-corrected chi connectivity index (χ3v) is 3.65. The van der Waals surface area contributed by atoms with E-state index in [2.05, 4.69) is 32.3 Å². The zero-order chi connectivity index (χ0) is 11.0. The van der Waals surface area contributed by atoms with Gasteiger partial charge in [-0.05, 0) is 18.8 Å². The summed E-state index contributed by atoms with van der Waals surface area (Å²) >= 11 is 0. The van der Waals surface area contributed by atoms with E-state index in [4.69, 9.17) is 0 Å². The summed E-state index contributed by atoms with van der Waals surface area (Å²) in [4.78, 5) is 6.87. The number of nitrogens with zero attached hydrogens (tertiary/aromatic N) is 3. The van der Waals surface area contributed by atoms with Crippen molar-refractivity contribution in [2.45, 2.75) is 25.7 Å². The number of hydrogen-bond acceptors (Lipinski definition) is 4. The number of rotatable bonds is 3. The Hall–Kier alpha value is -1.10. The molecule has 1 aromatic rings. The van der Waals surface area contributed by atoms with Crippen LogP contribution in [0.5, 0.6) is 0 Å². The third kappa shape index (κ3) is 1.91. The molecule has 3 rings (SSSR count). The Balaban J connectivity index is 1.70. The molecule has 88 valence electrons. The molecule has 2 heterocycles. The topological polar surface area (TPSA) is 56.8 Å². The zero-order valence-corrected chi connectivity index (χ0v) is 9.74. The van der Waals surface area contributed by atoms with Crippen LogP contribution in [0.15, 0.2) is 0 Å². The van der Waals surface area contributed by atoms with Gasteiger partial charge in [0.1, 0.15) is 5.82 Å². The lowest BCUT2D eigenvalue weighted by atomic mass is 10.1. The molecule has 1 atom stereocenters. The van der Waals surface area contributed by atoms with Crippen molar-refractivity contribution in [1.82, 2.24) is 20.5 Å². The van der Waals surface area contributed by atoms with Crippen LogP contribution < -0.4 is 10.2 Å². The van der Waals surface area contributed by atoms with E-state index in [1.165, 1.54) is 12.8 Å². The lowest BCUT2D eigenvalue weighted by Crippen LogP contribution is -2.44. The van der Waals surface area contributed by atoms with Gasteiger partial charge in [-0.3, -0.25) is 5.10 Å². The Kier molecular flexibility index (Phi) is 2.55. The molecule has 1 aromatic heterocycles. The second kappa shape index (κ2) is 4.05. The highest BCUT2D eigenvalue weighted by molar-refractivity contribution is 5.30. The first-order valence-corrected chi connectivity index (χ1v) is 6.22. The predicted molar refractivity (Wildman–Crippen MR) is 62.6 cm³/mol. The van der Waals surface area contributed by atoms with Crippen LogP contribution in [0.2, 0.25) is 0 Å². The minimum atomic E-state index is 0.546. The van der Waals surface area contributed by atoms with E-state index in [-0.39, 0.29) is 0 Å². The maximum Gasteiger partial charge on any atom is 0.244 e. The molecule has 1 aliphatic carbocycles. The van der Waals surface area contributed by atoms with Crippen LogP contribution in [0.3, 0.4) is 0 Å². The number of piperazine rings is 1. The molecular formula is C11H19N5. The number of hydrogen-bond donors (Lipinski definition) is 2. The maximum atomic E-state index is 4.63. The minimum Gasteiger partial charge on any atom is -0.337 e. The second-order valence-electron chi connectivity index (χ2n) is 4.88. The molecule has 0 amide bonds. The fraction of sp³-hybridized carbons (Fsp3) is 0.818. The number of aromatic amines is 1. The summed E-state index contributed by atoms with van der Waals surface area (Å²) in [6, 6.07) is 0. The van der Waals surface area contributed by atoms with Gasteiger partial charge in [-0.25, -0.2) is 0 Å². The first-order chi connectivity index (χ1) is 7.84. The van der Waals surface area contributed by atoms with Crippen molar-refractivity contribution in [2.24, 2.45) is 5.92 Å². The summed E-state index contributed by atoms with van der Waals surface area (Å²) in [6.45, 7) is 6.33. The Labute approximate surface area is 95.6 Å². The molecule has 1 aliphatic heterocycles. The number of anilines is 1. The van der Waals surface area contributed by atoms with Crippen molar-refractivity contribution < 1.29 is 0 Å². The Morgan fingerprint density at radius 3 is 2.75 bits per heavy atom. The minimum absolute atomic E-state index is 0.546. The van der Waals surface area contributed by atoms with Crippen LogP contribution in [0.1, 0.15) is 31.5 Å². The van der Waals surface area contributed by atoms with Crippen molar-refractivity contribution in [3.05, 3.63) is 5.82 Å². The first-order valence-electron chi connectivity index (χ1n) is 6.22. The fourth-order valence-electron chi connectivity index (χ4n) is 2.29. The molecule has 1 saturated carbocycles. The Bertz CT molecular complexity index is 351. The van der Waals surface area contributed by atoms with Crippen LogP contribution in [0, 0.1) is 5.92 Å². The monoisotopic (exact) mass is 221 g/mol. The molecule has 5 heteroatoms. The molecule has 2 aliphatic rings. The van der Waals surface area contributed by atoms with Crippen LogP contribution in [-0.4, -0.2) is 41.4 Å². The quantitative estimate of drug-likeness (QED) is 0.790. The Morgan fingerprint density at radius 1 is 1.31 bits per heavy atom. The highest BCUT2D eigenvalue weighted by Crippen LogP contribution is 2.41. The van der Waals surface area contributed by atoms with E-state index < -0.39 is 0 Å². The van der Waals surface area contributed by atoms with Gasteiger partial charge >= 0.3 is 0 Å². The molecule has 0 spiro atoms. The van der Waals surface area contributed by atoms with Gasteiger partial charge in [-0.15, -0.1) is 5.10 Å². The molecule has 0 bridgehead atoms. The molecule has 2 fully saturated rings. The van der Waals surface area contributed by atoms with E-state index in [0.29, 0.717) is 5.92 Å². The van der Waals surface area contributed by atoms with Gasteiger partial charge < -0.3 is 10.2 Å². The highest BCUT2D eigenvalue weighted by atomic mass is 15.4. The van der Waals surface area contributed by atoms with Crippen LogP contribution >= 0.6 is 0 Å². The van der Waals surface area contributed by atoms with Gasteiger partial charge in [-0.1, -0.05) is 6.92 Å². The van der Waals surface area contributed by atoms with Crippen molar-refractivity contribution in [1.29, 1.82) is 0 Å². The summed E-state index contributed by atoms with van der Waals surface area (Å²) in [7, 11) is 0. The summed E-state index contributed by atoms with van der Waals surface area (Å²) in [5.74, 6) is 3.33. The van der Waals surface area contributed by atoms with E-state index in [1.54, 1.807) is 0 Å². The smallest absolute Gasteiger partial charge is 0.244 e. The molecule has 2 N–H and O–H groups in total. The average Bonchev–Trinajstić information content (AvgIpc) is 3.07. The van der Waals surface area contributed by atoms with Crippen molar-refractivity contribution >= 4 is 5.95 Å². The average molecular weight is 221 g/mol. The molecule has 5 nitrogen and oxygen atoms in total. The highest BCUT2D eigenvalue weighted by Gasteiger charge is 2.31. The summed E-state index contributed by atoms with van der Waals surface area (Å²) in [5.41, 5.74) is 0. The molecular weight excluding hydrogens is 202 g/mol. The van der Waals surface area contributed by atoms with E-state index in [9.17, 15) is 0 Å². The predicted octanol–water partition coefficient (Wildman–Crippen LogP) is 0.728. The summed E-state index contributed by atoms with van der Waals surface area (Å²) < 4.78 is 0. The van der Waals surface area contributed by atoms with Crippen molar-refractivity contribution in [2.75, 3.05) is 31.1 Å². The maximum absolute atomic E-state index is 4.63. The van der Waals surface area contributed by atoms with E-state index in [1.807, 2.05) is 0 Å². The largest absolute Gasteiger partial charge is 0.337 e. The molecule has 16 heavy (non-hydrogen) atoms. The molecule has 1 unspecified atom stereocenters. The van der Waals surface area contributed by atoms with E-state index in [0.717, 1.165) is 43.9 Å². The zero-order valence-electron chi connectivity index (χ0n) is 9.74. The number of aromatic nitrogens is 3. The lowest BCUT2D eigenvalue weighted by molar-refractivity contribution is 0.579. The number of H-pyrrole nitrogens is 1. The first kappa shape index (κ1) is 10.1. The van der Waals surface area contributed by atoms with Crippen LogP contribution in [0.25, 0.3) is 0 Å². The van der Waals surface area contributed by atoms with Crippen LogP contribution in [-0.2, 0) is 0 Å². The van der Waals surface area contributed by atoms with E-state index >= 15 is 0 Å². The van der Waals surface area contributed by atoms with Crippen molar-refractivity contribution in [3.63, 3.8) is 0 Å². The molecule has 0 radical (unpaired) electrons. The fourth-order valence-corrected chi connectivity index (χ4v) is 2.29. The van der Waals surface area contributed by atoms with Crippen LogP contribution in [0.4, 0.5) is 5.95 Å². The standard InChI is InChI=1S/C11H19N5/c1-8(9-2-3-9)10-13-11(15-14-10)16-6-4-12-5-7-16/h8-9,12H,2-7H2,1H3,(H,13,14,15). The lowest BCUT2D eigenvalue weighted by Gasteiger charge is -2.25. The summed E-state index contributed by atoms with van der Waals surface area (Å²) in [5, 5.41) is 10.8. The van der Waals surface area contributed by atoms with Gasteiger partial charge in [0.25, 0.3) is 0 Å². The summed E-state index contributed by atoms with van der Waals surface area (Å²) in [6.07, 6.45) is 2.70. The van der Waals surface area contributed by atoms with Gasteiger partial charge in [0, 0.05) is 32.1 Å². The Morgan fingerprint density at radius 2 is 2.06 bits per heavy atom. The SMILES string of the molecule is CC(c1nc(N2CCNCC2)n[nH]1)C1CC1. The molecule has 1 saturated heterocycles. The molecule has 0 aromatic carbocycles.